The average Bonchev–Trinajstić information content (AvgIpc) is 2.64. The normalized spacial score (nSPS) is 15.6. The molecule has 1 saturated carbocycles. The Morgan fingerprint density at radius 3 is 2.46 bits per heavy atom. The molecule has 1 aliphatic carbocycles. The Morgan fingerprint density at radius 1 is 1.15 bits per heavy atom. The first kappa shape index (κ1) is 20.2. The molecule has 0 saturated heterocycles. The molecule has 0 spiro atoms. The molecule has 1 amide bonds. The summed E-state index contributed by atoms with van der Waals surface area (Å²) in [6, 6.07) is 6.46. The van der Waals surface area contributed by atoms with Gasteiger partial charge in [-0.25, -0.2) is 4.39 Å². The summed E-state index contributed by atoms with van der Waals surface area (Å²) in [5, 5.41) is 6.23. The Balaban J connectivity index is 1.66. The van der Waals surface area contributed by atoms with Crippen LogP contribution in [0, 0.1) is 11.7 Å². The Kier molecular flexibility index (Phi) is 8.38. The lowest BCUT2D eigenvalue weighted by Gasteiger charge is -2.23. The second kappa shape index (κ2) is 10.8. The van der Waals surface area contributed by atoms with E-state index >= 15 is 0 Å². The number of hydrogen-bond donors (Lipinski definition) is 2. The smallest absolute Gasteiger partial charge is 0.220 e. The number of aliphatic imine (C=N–C) groups is 1. The van der Waals surface area contributed by atoms with Crippen LogP contribution in [0.2, 0.25) is 0 Å². The Hall–Kier alpha value is -2.11. The van der Waals surface area contributed by atoms with Gasteiger partial charge in [-0.05, 0) is 36.5 Å². The van der Waals surface area contributed by atoms with Crippen LogP contribution < -0.4 is 10.6 Å². The van der Waals surface area contributed by atoms with E-state index in [1.807, 2.05) is 11.9 Å². The number of carbonyl (C=O) groups is 1. The Bertz CT molecular complexity index is 582. The van der Waals surface area contributed by atoms with Crippen LogP contribution in [0.1, 0.15) is 44.1 Å². The minimum atomic E-state index is -0.233. The number of nitrogens with zero attached hydrogens (tertiary/aromatic N) is 2. The quantitative estimate of drug-likeness (QED) is 0.445. The first-order valence-corrected chi connectivity index (χ1v) is 9.51. The van der Waals surface area contributed by atoms with Gasteiger partial charge in [-0.2, -0.15) is 0 Å². The largest absolute Gasteiger partial charge is 0.354 e. The van der Waals surface area contributed by atoms with Gasteiger partial charge >= 0.3 is 0 Å². The zero-order valence-corrected chi connectivity index (χ0v) is 15.9. The monoisotopic (exact) mass is 362 g/mol. The number of halogens is 1. The van der Waals surface area contributed by atoms with Crippen molar-refractivity contribution in [2.24, 2.45) is 10.9 Å². The summed E-state index contributed by atoms with van der Waals surface area (Å²) in [7, 11) is 3.66. The molecule has 2 N–H and O–H groups in total. The third-order valence-corrected chi connectivity index (χ3v) is 4.84. The highest BCUT2D eigenvalue weighted by Gasteiger charge is 2.16. The topological polar surface area (TPSA) is 56.7 Å². The second-order valence-electron chi connectivity index (χ2n) is 7.01. The molecule has 0 aromatic heterocycles. The highest BCUT2D eigenvalue weighted by Crippen LogP contribution is 2.25. The molecule has 1 fully saturated rings. The van der Waals surface area contributed by atoms with Crippen molar-refractivity contribution in [3.8, 4) is 0 Å². The number of carbonyl (C=O) groups excluding carboxylic acids is 1. The molecule has 1 aromatic rings. The third-order valence-electron chi connectivity index (χ3n) is 4.84. The molecule has 2 rings (SSSR count). The summed E-state index contributed by atoms with van der Waals surface area (Å²) in [4.78, 5) is 18.2. The molecule has 1 aliphatic rings. The number of amides is 1. The molecule has 6 heteroatoms. The van der Waals surface area contributed by atoms with Gasteiger partial charge in [0.15, 0.2) is 5.96 Å². The van der Waals surface area contributed by atoms with Gasteiger partial charge < -0.3 is 15.5 Å². The minimum absolute atomic E-state index is 0.147. The van der Waals surface area contributed by atoms with Gasteiger partial charge in [0, 0.05) is 40.2 Å². The van der Waals surface area contributed by atoms with Crippen LogP contribution in [0.5, 0.6) is 0 Å². The van der Waals surface area contributed by atoms with Gasteiger partial charge in [-0.3, -0.25) is 9.79 Å². The van der Waals surface area contributed by atoms with Gasteiger partial charge in [-0.1, -0.05) is 31.4 Å². The van der Waals surface area contributed by atoms with Crippen LogP contribution >= 0.6 is 0 Å². The molecular weight excluding hydrogens is 331 g/mol. The van der Waals surface area contributed by atoms with E-state index in [-0.39, 0.29) is 11.7 Å². The number of rotatable bonds is 7. The lowest BCUT2D eigenvalue weighted by atomic mass is 9.87. The summed E-state index contributed by atoms with van der Waals surface area (Å²) >= 11 is 0. The zero-order chi connectivity index (χ0) is 18.8. The predicted octanol–water partition coefficient (Wildman–Crippen LogP) is 2.92. The standard InChI is InChI=1S/C20H31FN4O/c1-22-20(25(2)15-17-8-10-18(21)11-9-17)24-13-12-23-19(26)14-16-6-4-3-5-7-16/h8-11,16H,3-7,12-15H2,1-2H3,(H,22,24)(H,23,26). The second-order valence-corrected chi connectivity index (χ2v) is 7.01. The summed E-state index contributed by atoms with van der Waals surface area (Å²) in [5.74, 6) is 1.22. The fraction of sp³-hybridized carbons (Fsp3) is 0.600. The molecule has 0 heterocycles. The van der Waals surface area contributed by atoms with E-state index in [1.54, 1.807) is 19.2 Å². The molecule has 5 nitrogen and oxygen atoms in total. The van der Waals surface area contributed by atoms with Gasteiger partial charge in [0.2, 0.25) is 5.91 Å². The molecule has 26 heavy (non-hydrogen) atoms. The molecule has 0 atom stereocenters. The van der Waals surface area contributed by atoms with Crippen LogP contribution in [0.4, 0.5) is 4.39 Å². The van der Waals surface area contributed by atoms with E-state index in [2.05, 4.69) is 15.6 Å². The summed E-state index contributed by atoms with van der Waals surface area (Å²) in [6.45, 7) is 1.83. The van der Waals surface area contributed by atoms with Crippen LogP contribution in [0.25, 0.3) is 0 Å². The van der Waals surface area contributed by atoms with Gasteiger partial charge in [0.25, 0.3) is 0 Å². The van der Waals surface area contributed by atoms with Crippen molar-refractivity contribution in [1.82, 2.24) is 15.5 Å². The fourth-order valence-electron chi connectivity index (χ4n) is 3.43. The van der Waals surface area contributed by atoms with Crippen molar-refractivity contribution in [2.45, 2.75) is 45.1 Å². The molecule has 0 unspecified atom stereocenters. The number of hydrogen-bond acceptors (Lipinski definition) is 2. The average molecular weight is 362 g/mol. The van der Waals surface area contributed by atoms with Crippen LogP contribution in [0.15, 0.2) is 29.3 Å². The van der Waals surface area contributed by atoms with E-state index in [4.69, 9.17) is 0 Å². The first-order valence-electron chi connectivity index (χ1n) is 9.51. The molecule has 1 aromatic carbocycles. The van der Waals surface area contributed by atoms with Crippen molar-refractivity contribution < 1.29 is 9.18 Å². The molecule has 0 bridgehead atoms. The fourth-order valence-corrected chi connectivity index (χ4v) is 3.43. The minimum Gasteiger partial charge on any atom is -0.354 e. The summed E-state index contributed by atoms with van der Waals surface area (Å²) in [6.07, 6.45) is 6.86. The predicted molar refractivity (Wildman–Crippen MR) is 103 cm³/mol. The van der Waals surface area contributed by atoms with Crippen LogP contribution in [-0.2, 0) is 11.3 Å². The maximum absolute atomic E-state index is 13.0. The zero-order valence-electron chi connectivity index (χ0n) is 15.9. The summed E-state index contributed by atoms with van der Waals surface area (Å²) < 4.78 is 13.0. The SMILES string of the molecule is CN=C(NCCNC(=O)CC1CCCCC1)N(C)Cc1ccc(F)cc1. The van der Waals surface area contributed by atoms with E-state index < -0.39 is 0 Å². The van der Waals surface area contributed by atoms with E-state index in [0.717, 1.165) is 11.5 Å². The number of benzene rings is 1. The van der Waals surface area contributed by atoms with Gasteiger partial charge in [0.05, 0.1) is 0 Å². The highest BCUT2D eigenvalue weighted by atomic mass is 19.1. The Morgan fingerprint density at radius 2 is 1.81 bits per heavy atom. The first-order chi connectivity index (χ1) is 12.6. The van der Waals surface area contributed by atoms with E-state index in [0.29, 0.717) is 32.0 Å². The van der Waals surface area contributed by atoms with Crippen molar-refractivity contribution in [2.75, 3.05) is 27.2 Å². The number of guanidine groups is 1. The van der Waals surface area contributed by atoms with Crippen molar-refractivity contribution >= 4 is 11.9 Å². The van der Waals surface area contributed by atoms with Gasteiger partial charge in [0.1, 0.15) is 5.82 Å². The summed E-state index contributed by atoms with van der Waals surface area (Å²) in [5.41, 5.74) is 1.01. The molecule has 0 radical (unpaired) electrons. The molecular formula is C20H31FN4O. The van der Waals surface area contributed by atoms with Crippen molar-refractivity contribution in [3.05, 3.63) is 35.6 Å². The lowest BCUT2D eigenvalue weighted by molar-refractivity contribution is -0.122. The molecule has 144 valence electrons. The van der Waals surface area contributed by atoms with Crippen LogP contribution in [0.3, 0.4) is 0 Å². The highest BCUT2D eigenvalue weighted by molar-refractivity contribution is 5.80. The maximum atomic E-state index is 13.0. The van der Waals surface area contributed by atoms with E-state index in [1.165, 1.54) is 44.2 Å². The van der Waals surface area contributed by atoms with Gasteiger partial charge in [-0.15, -0.1) is 0 Å². The lowest BCUT2D eigenvalue weighted by Crippen LogP contribution is -2.42. The van der Waals surface area contributed by atoms with Crippen molar-refractivity contribution in [3.63, 3.8) is 0 Å². The van der Waals surface area contributed by atoms with E-state index in [9.17, 15) is 9.18 Å². The number of nitrogens with one attached hydrogen (secondary N) is 2. The van der Waals surface area contributed by atoms with Crippen molar-refractivity contribution in [1.29, 1.82) is 0 Å². The Labute approximate surface area is 156 Å². The third kappa shape index (κ3) is 7.02. The van der Waals surface area contributed by atoms with Crippen LogP contribution in [-0.4, -0.2) is 44.0 Å². The molecule has 0 aliphatic heterocycles. The maximum Gasteiger partial charge on any atom is 0.220 e.